The van der Waals surface area contributed by atoms with Crippen LogP contribution in [-0.4, -0.2) is 38.8 Å². The molecule has 0 aromatic carbocycles. The second-order valence-electron chi connectivity index (χ2n) is 4.24. The van der Waals surface area contributed by atoms with Crippen LogP contribution >= 0.6 is 0 Å². The minimum absolute atomic E-state index is 0.0756. The Balaban J connectivity index is 3.91. The molecule has 96 valence electrons. The summed E-state index contributed by atoms with van der Waals surface area (Å²) >= 11 is 0. The summed E-state index contributed by atoms with van der Waals surface area (Å²) in [6.45, 7) is 4.92. The monoisotopic (exact) mass is 230 g/mol. The quantitative estimate of drug-likeness (QED) is 0.628. The predicted octanol–water partition coefficient (Wildman–Crippen LogP) is 1.31. The first-order valence-corrected chi connectivity index (χ1v) is 6.09. The molecule has 0 aromatic heterocycles. The van der Waals surface area contributed by atoms with Crippen LogP contribution in [0.3, 0.4) is 0 Å². The Labute approximate surface area is 99.1 Å². The van der Waals surface area contributed by atoms with Crippen molar-refractivity contribution >= 4 is 5.91 Å². The van der Waals surface area contributed by atoms with E-state index in [1.54, 1.807) is 14.2 Å². The summed E-state index contributed by atoms with van der Waals surface area (Å²) in [6.07, 6.45) is 3.99. The Morgan fingerprint density at radius 1 is 1.44 bits per heavy atom. The first-order valence-electron chi connectivity index (χ1n) is 6.09. The molecule has 4 heteroatoms. The van der Waals surface area contributed by atoms with Crippen molar-refractivity contribution in [2.45, 2.75) is 51.6 Å². The van der Waals surface area contributed by atoms with E-state index in [1.807, 2.05) is 6.92 Å². The average Bonchev–Trinajstić information content (AvgIpc) is 2.25. The van der Waals surface area contributed by atoms with E-state index in [0.717, 1.165) is 6.42 Å². The number of amides is 1. The standard InChI is InChI=1S/C12H26N2O2/c1-5-6-7-11(9-16-4)14-10(2)8-12(15)13-3/h10-11,14H,5-9H2,1-4H3,(H,13,15). The van der Waals surface area contributed by atoms with Crippen molar-refractivity contribution < 1.29 is 9.53 Å². The second kappa shape index (κ2) is 9.60. The lowest BCUT2D eigenvalue weighted by molar-refractivity contribution is -0.121. The van der Waals surface area contributed by atoms with E-state index in [-0.39, 0.29) is 11.9 Å². The van der Waals surface area contributed by atoms with Gasteiger partial charge in [0.2, 0.25) is 5.91 Å². The van der Waals surface area contributed by atoms with Gasteiger partial charge in [-0.2, -0.15) is 0 Å². The Bertz CT molecular complexity index is 186. The number of rotatable bonds is 9. The Morgan fingerprint density at radius 2 is 2.12 bits per heavy atom. The van der Waals surface area contributed by atoms with Gasteiger partial charge in [0.05, 0.1) is 6.61 Å². The molecule has 1 amide bonds. The van der Waals surface area contributed by atoms with E-state index < -0.39 is 0 Å². The van der Waals surface area contributed by atoms with Gasteiger partial charge in [0.25, 0.3) is 0 Å². The normalized spacial score (nSPS) is 14.5. The molecule has 0 radical (unpaired) electrons. The molecule has 0 fully saturated rings. The van der Waals surface area contributed by atoms with Crippen LogP contribution < -0.4 is 10.6 Å². The van der Waals surface area contributed by atoms with Crippen LogP contribution in [0.2, 0.25) is 0 Å². The van der Waals surface area contributed by atoms with Crippen LogP contribution in [0.5, 0.6) is 0 Å². The highest BCUT2D eigenvalue weighted by atomic mass is 16.5. The maximum absolute atomic E-state index is 11.2. The maximum Gasteiger partial charge on any atom is 0.221 e. The highest BCUT2D eigenvalue weighted by Crippen LogP contribution is 2.03. The smallest absolute Gasteiger partial charge is 0.221 e. The highest BCUT2D eigenvalue weighted by molar-refractivity contribution is 5.76. The Kier molecular flexibility index (Phi) is 9.24. The molecule has 16 heavy (non-hydrogen) atoms. The number of ether oxygens (including phenoxy) is 1. The lowest BCUT2D eigenvalue weighted by Gasteiger charge is -2.22. The lowest BCUT2D eigenvalue weighted by Crippen LogP contribution is -2.41. The van der Waals surface area contributed by atoms with E-state index in [1.165, 1.54) is 12.8 Å². The molecule has 0 saturated carbocycles. The molecule has 0 heterocycles. The van der Waals surface area contributed by atoms with Crippen LogP contribution in [0.4, 0.5) is 0 Å². The van der Waals surface area contributed by atoms with E-state index >= 15 is 0 Å². The second-order valence-corrected chi connectivity index (χ2v) is 4.24. The van der Waals surface area contributed by atoms with E-state index in [4.69, 9.17) is 4.74 Å². The first kappa shape index (κ1) is 15.4. The van der Waals surface area contributed by atoms with Gasteiger partial charge in [-0.25, -0.2) is 0 Å². The molecular weight excluding hydrogens is 204 g/mol. The van der Waals surface area contributed by atoms with Gasteiger partial charge in [-0.05, 0) is 13.3 Å². The number of carbonyl (C=O) groups excluding carboxylic acids is 1. The van der Waals surface area contributed by atoms with Gasteiger partial charge in [-0.15, -0.1) is 0 Å². The zero-order chi connectivity index (χ0) is 12.4. The van der Waals surface area contributed by atoms with Gasteiger partial charge in [0, 0.05) is 32.7 Å². The molecule has 0 aromatic rings. The van der Waals surface area contributed by atoms with Crippen LogP contribution in [0.15, 0.2) is 0 Å². The summed E-state index contributed by atoms with van der Waals surface area (Å²) in [6, 6.07) is 0.543. The third-order valence-corrected chi connectivity index (χ3v) is 2.56. The lowest BCUT2D eigenvalue weighted by atomic mass is 10.1. The third kappa shape index (κ3) is 7.65. The van der Waals surface area contributed by atoms with Crippen molar-refractivity contribution in [3.63, 3.8) is 0 Å². The fourth-order valence-electron chi connectivity index (χ4n) is 1.71. The molecule has 0 aliphatic heterocycles. The molecule has 0 spiro atoms. The molecular formula is C12H26N2O2. The minimum atomic E-state index is 0.0756. The SMILES string of the molecule is CCCCC(COC)NC(C)CC(=O)NC. The van der Waals surface area contributed by atoms with Gasteiger partial charge in [-0.1, -0.05) is 19.8 Å². The van der Waals surface area contributed by atoms with Crippen LogP contribution in [0.25, 0.3) is 0 Å². The van der Waals surface area contributed by atoms with Crippen molar-refractivity contribution in [2.24, 2.45) is 0 Å². The zero-order valence-corrected chi connectivity index (χ0v) is 11.0. The van der Waals surface area contributed by atoms with Crippen molar-refractivity contribution in [3.05, 3.63) is 0 Å². The number of hydrogen-bond acceptors (Lipinski definition) is 3. The summed E-state index contributed by atoms with van der Waals surface area (Å²) < 4.78 is 5.17. The molecule has 4 nitrogen and oxygen atoms in total. The molecule has 0 bridgehead atoms. The van der Waals surface area contributed by atoms with Crippen LogP contribution in [0.1, 0.15) is 39.5 Å². The van der Waals surface area contributed by atoms with Crippen molar-refractivity contribution in [3.8, 4) is 0 Å². The highest BCUT2D eigenvalue weighted by Gasteiger charge is 2.13. The summed E-state index contributed by atoms with van der Waals surface area (Å²) in [5.74, 6) is 0.0756. The fraction of sp³-hybridized carbons (Fsp3) is 0.917. The number of hydrogen-bond donors (Lipinski definition) is 2. The van der Waals surface area contributed by atoms with Crippen molar-refractivity contribution in [2.75, 3.05) is 20.8 Å². The maximum atomic E-state index is 11.2. The third-order valence-electron chi connectivity index (χ3n) is 2.56. The van der Waals surface area contributed by atoms with Gasteiger partial charge < -0.3 is 15.4 Å². The van der Waals surface area contributed by atoms with Crippen LogP contribution in [0, 0.1) is 0 Å². The van der Waals surface area contributed by atoms with Crippen molar-refractivity contribution in [1.29, 1.82) is 0 Å². The summed E-state index contributed by atoms with van der Waals surface area (Å²) in [7, 11) is 3.38. The number of unbranched alkanes of at least 4 members (excludes halogenated alkanes) is 1. The van der Waals surface area contributed by atoms with Gasteiger partial charge >= 0.3 is 0 Å². The molecule has 0 aliphatic carbocycles. The summed E-state index contributed by atoms with van der Waals surface area (Å²) in [5, 5.41) is 6.07. The average molecular weight is 230 g/mol. The predicted molar refractivity (Wildman–Crippen MR) is 66.5 cm³/mol. The fourth-order valence-corrected chi connectivity index (χ4v) is 1.71. The molecule has 2 unspecified atom stereocenters. The topological polar surface area (TPSA) is 50.4 Å². The minimum Gasteiger partial charge on any atom is -0.383 e. The van der Waals surface area contributed by atoms with E-state index in [9.17, 15) is 4.79 Å². The first-order chi connectivity index (χ1) is 7.63. The van der Waals surface area contributed by atoms with E-state index in [2.05, 4.69) is 17.6 Å². The number of nitrogens with one attached hydrogen (secondary N) is 2. The molecule has 0 saturated heterocycles. The van der Waals surface area contributed by atoms with Crippen LogP contribution in [-0.2, 0) is 9.53 Å². The molecule has 0 rings (SSSR count). The van der Waals surface area contributed by atoms with E-state index in [0.29, 0.717) is 19.1 Å². The molecule has 2 N–H and O–H groups in total. The van der Waals surface area contributed by atoms with Gasteiger partial charge in [-0.3, -0.25) is 4.79 Å². The molecule has 0 aliphatic rings. The number of carbonyl (C=O) groups is 1. The Morgan fingerprint density at radius 3 is 2.62 bits per heavy atom. The van der Waals surface area contributed by atoms with Crippen molar-refractivity contribution in [1.82, 2.24) is 10.6 Å². The van der Waals surface area contributed by atoms with Gasteiger partial charge in [0.15, 0.2) is 0 Å². The zero-order valence-electron chi connectivity index (χ0n) is 11.0. The van der Waals surface area contributed by atoms with Gasteiger partial charge in [0.1, 0.15) is 0 Å². The summed E-state index contributed by atoms with van der Waals surface area (Å²) in [5.41, 5.74) is 0. The number of methoxy groups -OCH3 is 1. The molecule has 2 atom stereocenters. The largest absolute Gasteiger partial charge is 0.383 e. The Hall–Kier alpha value is -0.610. The summed E-state index contributed by atoms with van der Waals surface area (Å²) in [4.78, 5) is 11.2.